The van der Waals surface area contributed by atoms with Crippen molar-refractivity contribution in [3.63, 3.8) is 0 Å². The Labute approximate surface area is 174 Å². The number of ether oxygens (including phenoxy) is 3. The minimum Gasteiger partial charge on any atom is -0.504 e. The molecule has 0 saturated carbocycles. The first-order valence-corrected chi connectivity index (χ1v) is 9.23. The molecule has 0 spiro atoms. The zero-order valence-electron chi connectivity index (χ0n) is 16.6. The molecule has 0 aromatic heterocycles. The van der Waals surface area contributed by atoms with Crippen molar-refractivity contribution in [2.45, 2.75) is 13.0 Å². The SMILES string of the molecule is COC(=O)C1=C(C)N(c2ccccc2OC)C(=S)N[C@H]1c1ccc(OC)c(O)c1. The monoisotopic (exact) mass is 414 g/mol. The number of carbonyl (C=O) groups is 1. The maximum Gasteiger partial charge on any atom is 0.337 e. The molecule has 0 unspecified atom stereocenters. The Hall–Kier alpha value is -3.26. The number of allylic oxidation sites excluding steroid dienone is 1. The van der Waals surface area contributed by atoms with E-state index in [-0.39, 0.29) is 5.75 Å². The highest BCUT2D eigenvalue weighted by atomic mass is 32.1. The fourth-order valence-corrected chi connectivity index (χ4v) is 3.71. The summed E-state index contributed by atoms with van der Waals surface area (Å²) in [5, 5.41) is 13.8. The van der Waals surface area contributed by atoms with E-state index in [1.165, 1.54) is 20.3 Å². The number of rotatable bonds is 5. The van der Waals surface area contributed by atoms with E-state index >= 15 is 0 Å². The number of hydrogen-bond acceptors (Lipinski definition) is 6. The van der Waals surface area contributed by atoms with Crippen LogP contribution in [0.1, 0.15) is 18.5 Å². The summed E-state index contributed by atoms with van der Waals surface area (Å²) in [6.07, 6.45) is 0. The standard InChI is InChI=1S/C21H22N2O5S/c1-12-18(20(25)28-4)19(13-9-10-17(27-3)15(24)11-13)22-21(29)23(12)14-7-5-6-8-16(14)26-2/h5-11,19,24H,1-4H3,(H,22,29)/t19-/m0/s1. The highest BCUT2D eigenvalue weighted by Crippen LogP contribution is 2.39. The molecule has 1 heterocycles. The van der Waals surface area contributed by atoms with Crippen LogP contribution in [0.3, 0.4) is 0 Å². The molecule has 0 aliphatic carbocycles. The molecule has 8 heteroatoms. The van der Waals surface area contributed by atoms with Crippen LogP contribution in [-0.2, 0) is 9.53 Å². The summed E-state index contributed by atoms with van der Waals surface area (Å²) >= 11 is 5.61. The fourth-order valence-electron chi connectivity index (χ4n) is 3.36. The number of para-hydroxylation sites is 2. The Morgan fingerprint density at radius 3 is 2.41 bits per heavy atom. The van der Waals surface area contributed by atoms with Crippen LogP contribution in [0.2, 0.25) is 0 Å². The molecular formula is C21H22N2O5S. The first kappa shape index (κ1) is 20.5. The second-order valence-corrected chi connectivity index (χ2v) is 6.70. The van der Waals surface area contributed by atoms with Crippen molar-refractivity contribution in [1.82, 2.24) is 5.32 Å². The van der Waals surface area contributed by atoms with E-state index in [2.05, 4.69) is 5.32 Å². The van der Waals surface area contributed by atoms with Crippen LogP contribution in [0.5, 0.6) is 17.2 Å². The summed E-state index contributed by atoms with van der Waals surface area (Å²) in [4.78, 5) is 14.4. The van der Waals surface area contributed by atoms with E-state index < -0.39 is 12.0 Å². The lowest BCUT2D eigenvalue weighted by atomic mass is 9.94. The quantitative estimate of drug-likeness (QED) is 0.570. The van der Waals surface area contributed by atoms with Gasteiger partial charge in [-0.3, -0.25) is 4.90 Å². The third kappa shape index (κ3) is 3.71. The van der Waals surface area contributed by atoms with Crippen molar-refractivity contribution in [3.05, 3.63) is 59.3 Å². The molecule has 0 saturated heterocycles. The van der Waals surface area contributed by atoms with E-state index in [1.54, 1.807) is 31.1 Å². The van der Waals surface area contributed by atoms with Crippen molar-refractivity contribution in [2.24, 2.45) is 0 Å². The van der Waals surface area contributed by atoms with Gasteiger partial charge in [-0.05, 0) is 49.0 Å². The molecule has 1 aliphatic heterocycles. The molecule has 1 atom stereocenters. The number of phenols is 1. The lowest BCUT2D eigenvalue weighted by molar-refractivity contribution is -0.136. The Morgan fingerprint density at radius 2 is 1.79 bits per heavy atom. The van der Waals surface area contributed by atoms with Crippen LogP contribution in [0.25, 0.3) is 0 Å². The predicted octanol–water partition coefficient (Wildman–Crippen LogP) is 3.29. The Bertz CT molecular complexity index is 989. The van der Waals surface area contributed by atoms with E-state index in [1.807, 2.05) is 24.3 Å². The van der Waals surface area contributed by atoms with Crippen molar-refractivity contribution < 1.29 is 24.1 Å². The largest absolute Gasteiger partial charge is 0.504 e. The van der Waals surface area contributed by atoms with Gasteiger partial charge < -0.3 is 24.6 Å². The Kier molecular flexibility index (Phi) is 5.93. The van der Waals surface area contributed by atoms with Crippen LogP contribution >= 0.6 is 12.2 Å². The van der Waals surface area contributed by atoms with E-state index in [0.29, 0.717) is 39.1 Å². The van der Waals surface area contributed by atoms with Crippen LogP contribution in [0, 0.1) is 0 Å². The van der Waals surface area contributed by atoms with Crippen molar-refractivity contribution in [2.75, 3.05) is 26.2 Å². The van der Waals surface area contributed by atoms with Crippen LogP contribution < -0.4 is 19.7 Å². The molecular weight excluding hydrogens is 392 g/mol. The molecule has 3 rings (SSSR count). The number of nitrogens with zero attached hydrogens (tertiary/aromatic N) is 1. The number of thiocarbonyl (C=S) groups is 1. The maximum atomic E-state index is 12.7. The van der Waals surface area contributed by atoms with E-state index in [0.717, 1.165) is 0 Å². The van der Waals surface area contributed by atoms with Gasteiger partial charge in [-0.2, -0.15) is 0 Å². The average Bonchev–Trinajstić information content (AvgIpc) is 2.73. The van der Waals surface area contributed by atoms with Crippen LogP contribution in [0.15, 0.2) is 53.7 Å². The van der Waals surface area contributed by atoms with Gasteiger partial charge in [0.2, 0.25) is 0 Å². The van der Waals surface area contributed by atoms with Crippen molar-refractivity contribution in [1.29, 1.82) is 0 Å². The average molecular weight is 414 g/mol. The molecule has 7 nitrogen and oxygen atoms in total. The lowest BCUT2D eigenvalue weighted by Gasteiger charge is -2.37. The summed E-state index contributed by atoms with van der Waals surface area (Å²) in [5.41, 5.74) is 2.31. The number of esters is 1. The third-order valence-electron chi connectivity index (χ3n) is 4.75. The minimum absolute atomic E-state index is 0.0354. The summed E-state index contributed by atoms with van der Waals surface area (Å²) < 4.78 is 15.6. The van der Waals surface area contributed by atoms with Gasteiger partial charge in [0.05, 0.1) is 38.6 Å². The molecule has 0 amide bonds. The molecule has 0 radical (unpaired) electrons. The molecule has 2 aromatic rings. The number of anilines is 1. The van der Waals surface area contributed by atoms with Gasteiger partial charge in [0.15, 0.2) is 16.6 Å². The number of aromatic hydroxyl groups is 1. The number of carbonyl (C=O) groups excluding carboxylic acids is 1. The zero-order chi connectivity index (χ0) is 21.1. The Morgan fingerprint density at radius 1 is 1.10 bits per heavy atom. The number of hydrogen-bond donors (Lipinski definition) is 2. The van der Waals surface area contributed by atoms with Gasteiger partial charge in [-0.15, -0.1) is 0 Å². The first-order chi connectivity index (χ1) is 13.9. The molecule has 29 heavy (non-hydrogen) atoms. The highest BCUT2D eigenvalue weighted by Gasteiger charge is 2.36. The number of methoxy groups -OCH3 is 3. The van der Waals surface area contributed by atoms with E-state index in [9.17, 15) is 9.90 Å². The van der Waals surface area contributed by atoms with Crippen molar-refractivity contribution in [3.8, 4) is 17.2 Å². The summed E-state index contributed by atoms with van der Waals surface area (Å²) in [7, 11) is 4.37. The van der Waals surface area contributed by atoms with E-state index in [4.69, 9.17) is 26.4 Å². The smallest absolute Gasteiger partial charge is 0.337 e. The topological polar surface area (TPSA) is 80.3 Å². The van der Waals surface area contributed by atoms with Gasteiger partial charge in [-0.1, -0.05) is 18.2 Å². The number of phenolic OH excluding ortho intramolecular Hbond substituents is 1. The third-order valence-corrected chi connectivity index (χ3v) is 5.05. The normalized spacial score (nSPS) is 16.3. The van der Waals surface area contributed by atoms with Gasteiger partial charge >= 0.3 is 5.97 Å². The van der Waals surface area contributed by atoms with Crippen molar-refractivity contribution >= 4 is 29.0 Å². The van der Waals surface area contributed by atoms with Crippen LogP contribution in [0.4, 0.5) is 5.69 Å². The molecule has 152 valence electrons. The fraction of sp³-hybridized carbons (Fsp3) is 0.238. The molecule has 0 bridgehead atoms. The summed E-state index contributed by atoms with van der Waals surface area (Å²) in [6, 6.07) is 11.7. The molecule has 0 fully saturated rings. The zero-order valence-corrected chi connectivity index (χ0v) is 17.4. The summed E-state index contributed by atoms with van der Waals surface area (Å²) in [6.45, 7) is 1.79. The number of benzene rings is 2. The van der Waals surface area contributed by atoms with Gasteiger partial charge in [0, 0.05) is 5.70 Å². The summed E-state index contributed by atoms with van der Waals surface area (Å²) in [5.74, 6) is 0.410. The molecule has 1 aliphatic rings. The van der Waals surface area contributed by atoms with Gasteiger partial charge in [-0.25, -0.2) is 4.79 Å². The lowest BCUT2D eigenvalue weighted by Crippen LogP contribution is -2.48. The second kappa shape index (κ2) is 8.40. The first-order valence-electron chi connectivity index (χ1n) is 8.82. The van der Waals surface area contributed by atoms with Gasteiger partial charge in [0.25, 0.3) is 0 Å². The minimum atomic E-state index is -0.599. The molecule has 2 aromatic carbocycles. The number of nitrogens with one attached hydrogen (secondary N) is 1. The molecule has 2 N–H and O–H groups in total. The predicted molar refractivity (Wildman–Crippen MR) is 113 cm³/mol. The highest BCUT2D eigenvalue weighted by molar-refractivity contribution is 7.80. The van der Waals surface area contributed by atoms with Gasteiger partial charge in [0.1, 0.15) is 5.75 Å². The van der Waals surface area contributed by atoms with Crippen LogP contribution in [-0.4, -0.2) is 37.5 Å². The Balaban J connectivity index is 2.16. The maximum absolute atomic E-state index is 12.7. The second-order valence-electron chi connectivity index (χ2n) is 6.31.